The third-order valence-corrected chi connectivity index (χ3v) is 3.21. The SMILES string of the molecule is COc1ccc(C(=O)Nc2ccc(N)cc2Cl)c(OC)c1. The molecule has 0 aliphatic heterocycles. The number of rotatable bonds is 4. The molecule has 2 aromatic carbocycles. The number of benzene rings is 2. The van der Waals surface area contributed by atoms with Crippen LogP contribution in [0.3, 0.4) is 0 Å². The summed E-state index contributed by atoms with van der Waals surface area (Å²) in [6.07, 6.45) is 0. The summed E-state index contributed by atoms with van der Waals surface area (Å²) in [6, 6.07) is 9.82. The second kappa shape index (κ2) is 6.37. The normalized spacial score (nSPS) is 10.0. The third-order valence-electron chi connectivity index (χ3n) is 2.89. The van der Waals surface area contributed by atoms with E-state index in [9.17, 15) is 4.79 Å². The molecule has 0 saturated heterocycles. The summed E-state index contributed by atoms with van der Waals surface area (Å²) in [5.41, 5.74) is 7.00. The Kier molecular flexibility index (Phi) is 4.55. The van der Waals surface area contributed by atoms with Crippen molar-refractivity contribution >= 4 is 28.9 Å². The molecule has 1 amide bonds. The van der Waals surface area contributed by atoms with Gasteiger partial charge < -0.3 is 20.5 Å². The number of carbonyl (C=O) groups is 1. The monoisotopic (exact) mass is 306 g/mol. The molecule has 0 heterocycles. The maximum Gasteiger partial charge on any atom is 0.259 e. The summed E-state index contributed by atoms with van der Waals surface area (Å²) in [7, 11) is 3.03. The lowest BCUT2D eigenvalue weighted by molar-refractivity contribution is 0.102. The average Bonchev–Trinajstić information content (AvgIpc) is 2.49. The average molecular weight is 307 g/mol. The lowest BCUT2D eigenvalue weighted by atomic mass is 10.1. The summed E-state index contributed by atoms with van der Waals surface area (Å²) >= 11 is 6.04. The Hall–Kier alpha value is -2.40. The van der Waals surface area contributed by atoms with E-state index in [1.54, 1.807) is 43.5 Å². The lowest BCUT2D eigenvalue weighted by Gasteiger charge is -2.12. The van der Waals surface area contributed by atoms with Gasteiger partial charge in [-0.2, -0.15) is 0 Å². The first-order chi connectivity index (χ1) is 10.0. The van der Waals surface area contributed by atoms with Gasteiger partial charge in [-0.25, -0.2) is 0 Å². The van der Waals surface area contributed by atoms with Crippen LogP contribution in [-0.4, -0.2) is 20.1 Å². The minimum absolute atomic E-state index is 0.332. The largest absolute Gasteiger partial charge is 0.497 e. The molecule has 0 bridgehead atoms. The molecule has 0 aliphatic rings. The predicted molar refractivity (Wildman–Crippen MR) is 83.4 cm³/mol. The van der Waals surface area contributed by atoms with Gasteiger partial charge in [0.15, 0.2) is 0 Å². The Bertz CT molecular complexity index is 674. The molecule has 0 aromatic heterocycles. The van der Waals surface area contributed by atoms with Crippen LogP contribution in [0.1, 0.15) is 10.4 Å². The Balaban J connectivity index is 2.28. The summed E-state index contributed by atoms with van der Waals surface area (Å²) in [5.74, 6) is 0.688. The van der Waals surface area contributed by atoms with Crippen molar-refractivity contribution < 1.29 is 14.3 Å². The number of nitrogens with two attached hydrogens (primary N) is 1. The maximum absolute atomic E-state index is 12.3. The van der Waals surface area contributed by atoms with Crippen LogP contribution >= 0.6 is 11.6 Å². The van der Waals surface area contributed by atoms with Gasteiger partial charge >= 0.3 is 0 Å². The molecule has 6 heteroatoms. The van der Waals surface area contributed by atoms with Gasteiger partial charge in [0.25, 0.3) is 5.91 Å². The van der Waals surface area contributed by atoms with Crippen molar-refractivity contribution in [2.45, 2.75) is 0 Å². The van der Waals surface area contributed by atoms with E-state index in [0.29, 0.717) is 33.5 Å². The zero-order valence-electron chi connectivity index (χ0n) is 11.6. The highest BCUT2D eigenvalue weighted by Gasteiger charge is 2.14. The van der Waals surface area contributed by atoms with E-state index in [0.717, 1.165) is 0 Å². The molecule has 21 heavy (non-hydrogen) atoms. The first-order valence-corrected chi connectivity index (χ1v) is 6.51. The van der Waals surface area contributed by atoms with Crippen LogP contribution < -0.4 is 20.5 Å². The summed E-state index contributed by atoms with van der Waals surface area (Å²) in [5, 5.41) is 3.09. The Labute approximate surface area is 127 Å². The van der Waals surface area contributed by atoms with Gasteiger partial charge in [0, 0.05) is 11.8 Å². The topological polar surface area (TPSA) is 73.6 Å². The van der Waals surface area contributed by atoms with E-state index in [2.05, 4.69) is 5.32 Å². The van der Waals surface area contributed by atoms with Gasteiger partial charge in [-0.05, 0) is 30.3 Å². The van der Waals surface area contributed by atoms with Crippen molar-refractivity contribution in [1.29, 1.82) is 0 Å². The van der Waals surface area contributed by atoms with Gasteiger partial charge in [0.1, 0.15) is 11.5 Å². The molecule has 2 aromatic rings. The number of amides is 1. The number of halogens is 1. The molecule has 0 radical (unpaired) electrons. The number of ether oxygens (including phenoxy) is 2. The summed E-state index contributed by atoms with van der Waals surface area (Å²) in [6.45, 7) is 0. The van der Waals surface area contributed by atoms with Crippen molar-refractivity contribution in [2.24, 2.45) is 0 Å². The van der Waals surface area contributed by atoms with Crippen molar-refractivity contribution in [3.05, 3.63) is 47.0 Å². The van der Waals surface area contributed by atoms with E-state index >= 15 is 0 Å². The van der Waals surface area contributed by atoms with Crippen molar-refractivity contribution in [3.63, 3.8) is 0 Å². The van der Waals surface area contributed by atoms with Gasteiger partial charge in [-0.3, -0.25) is 4.79 Å². The second-order valence-electron chi connectivity index (χ2n) is 4.26. The highest BCUT2D eigenvalue weighted by atomic mass is 35.5. The van der Waals surface area contributed by atoms with Crippen LogP contribution in [0.15, 0.2) is 36.4 Å². The predicted octanol–water partition coefficient (Wildman–Crippen LogP) is 3.19. The van der Waals surface area contributed by atoms with E-state index in [1.807, 2.05) is 0 Å². The number of carbonyl (C=O) groups excluding carboxylic acids is 1. The standard InChI is InChI=1S/C15H15ClN2O3/c1-20-10-4-5-11(14(8-10)21-2)15(19)18-13-6-3-9(17)7-12(13)16/h3-8H,17H2,1-2H3,(H,18,19). The maximum atomic E-state index is 12.3. The quantitative estimate of drug-likeness (QED) is 0.851. The minimum atomic E-state index is -0.332. The van der Waals surface area contributed by atoms with E-state index in [1.165, 1.54) is 7.11 Å². The van der Waals surface area contributed by atoms with Crippen LogP contribution in [0.5, 0.6) is 11.5 Å². The molecular formula is C15H15ClN2O3. The zero-order chi connectivity index (χ0) is 15.4. The molecule has 5 nitrogen and oxygen atoms in total. The Morgan fingerprint density at radius 3 is 2.52 bits per heavy atom. The number of methoxy groups -OCH3 is 2. The third kappa shape index (κ3) is 3.38. The van der Waals surface area contributed by atoms with Gasteiger partial charge in [0.2, 0.25) is 0 Å². The number of nitrogens with one attached hydrogen (secondary N) is 1. The second-order valence-corrected chi connectivity index (χ2v) is 4.67. The fraction of sp³-hybridized carbons (Fsp3) is 0.133. The smallest absolute Gasteiger partial charge is 0.259 e. The van der Waals surface area contributed by atoms with Gasteiger partial charge in [-0.1, -0.05) is 11.6 Å². The molecule has 0 atom stereocenters. The molecule has 0 unspecified atom stereocenters. The highest BCUT2D eigenvalue weighted by molar-refractivity contribution is 6.34. The van der Waals surface area contributed by atoms with Crippen LogP contribution in [0.2, 0.25) is 5.02 Å². The molecule has 110 valence electrons. The van der Waals surface area contributed by atoms with Crippen molar-refractivity contribution in [1.82, 2.24) is 0 Å². The number of hydrogen-bond acceptors (Lipinski definition) is 4. The molecule has 0 spiro atoms. The fourth-order valence-electron chi connectivity index (χ4n) is 1.81. The Morgan fingerprint density at radius 1 is 1.14 bits per heavy atom. The van der Waals surface area contributed by atoms with Crippen LogP contribution in [0.4, 0.5) is 11.4 Å². The fourth-order valence-corrected chi connectivity index (χ4v) is 2.04. The van der Waals surface area contributed by atoms with Crippen LogP contribution in [-0.2, 0) is 0 Å². The first-order valence-electron chi connectivity index (χ1n) is 6.13. The van der Waals surface area contributed by atoms with Crippen LogP contribution in [0, 0.1) is 0 Å². The van der Waals surface area contributed by atoms with Crippen LogP contribution in [0.25, 0.3) is 0 Å². The molecule has 0 fully saturated rings. The number of anilines is 2. The van der Waals surface area contributed by atoms with Crippen molar-refractivity contribution in [2.75, 3.05) is 25.3 Å². The number of nitrogen functional groups attached to an aromatic ring is 1. The molecule has 3 N–H and O–H groups in total. The Morgan fingerprint density at radius 2 is 1.90 bits per heavy atom. The van der Waals surface area contributed by atoms with Crippen molar-refractivity contribution in [3.8, 4) is 11.5 Å². The molecule has 0 saturated carbocycles. The van der Waals surface area contributed by atoms with E-state index in [4.69, 9.17) is 26.8 Å². The number of hydrogen-bond donors (Lipinski definition) is 2. The van der Waals surface area contributed by atoms with Gasteiger partial charge in [0.05, 0.1) is 30.5 Å². The lowest BCUT2D eigenvalue weighted by Crippen LogP contribution is -2.13. The molecular weight excluding hydrogens is 292 g/mol. The molecule has 0 aliphatic carbocycles. The first kappa shape index (κ1) is 15.0. The zero-order valence-corrected chi connectivity index (χ0v) is 12.4. The minimum Gasteiger partial charge on any atom is -0.497 e. The van der Waals surface area contributed by atoms with E-state index < -0.39 is 0 Å². The summed E-state index contributed by atoms with van der Waals surface area (Å²) in [4.78, 5) is 12.3. The summed E-state index contributed by atoms with van der Waals surface area (Å²) < 4.78 is 10.3. The van der Waals surface area contributed by atoms with Gasteiger partial charge in [-0.15, -0.1) is 0 Å². The highest BCUT2D eigenvalue weighted by Crippen LogP contribution is 2.28. The van der Waals surface area contributed by atoms with E-state index in [-0.39, 0.29) is 5.91 Å². The molecule has 2 rings (SSSR count).